The Hall–Kier alpha value is -3.19. The Morgan fingerprint density at radius 1 is 1.10 bits per heavy atom. The Balaban J connectivity index is 1.76. The molecule has 0 unspecified atom stereocenters. The Labute approximate surface area is 181 Å². The van der Waals surface area contributed by atoms with Crippen molar-refractivity contribution in [1.82, 2.24) is 4.98 Å². The van der Waals surface area contributed by atoms with Crippen molar-refractivity contribution in [3.05, 3.63) is 87.9 Å². The predicted molar refractivity (Wildman–Crippen MR) is 115 cm³/mol. The molecule has 2 aromatic heterocycles. The first-order valence-corrected chi connectivity index (χ1v) is 10.3. The largest absolute Gasteiger partial charge is 0.465 e. The molecule has 4 rings (SSSR count). The molecule has 0 aliphatic rings. The number of pyridine rings is 1. The maximum atomic E-state index is 13.1. The SMILES string of the molecule is COC(=O)c1ccnc(-c2cccc3c(C)c(Cc4cccc(C(F)(F)F)c4)sc23)c1. The van der Waals surface area contributed by atoms with E-state index in [-0.39, 0.29) is 0 Å². The van der Waals surface area contributed by atoms with Crippen LogP contribution in [0.2, 0.25) is 0 Å². The third-order valence-electron chi connectivity index (χ3n) is 5.14. The van der Waals surface area contributed by atoms with Gasteiger partial charge in [0, 0.05) is 27.8 Å². The van der Waals surface area contributed by atoms with Gasteiger partial charge < -0.3 is 4.74 Å². The monoisotopic (exact) mass is 441 g/mol. The highest BCUT2D eigenvalue weighted by atomic mass is 32.1. The smallest absolute Gasteiger partial charge is 0.416 e. The second kappa shape index (κ2) is 8.15. The molecular weight excluding hydrogens is 423 g/mol. The lowest BCUT2D eigenvalue weighted by Crippen LogP contribution is -2.05. The van der Waals surface area contributed by atoms with Crippen LogP contribution in [0.1, 0.15) is 31.9 Å². The van der Waals surface area contributed by atoms with E-state index in [0.29, 0.717) is 23.2 Å². The number of benzene rings is 2. The first kappa shape index (κ1) is 21.1. The number of fused-ring (bicyclic) bond motifs is 1. The molecule has 0 saturated heterocycles. The van der Waals surface area contributed by atoms with Crippen molar-refractivity contribution < 1.29 is 22.7 Å². The number of ether oxygens (including phenoxy) is 1. The average molecular weight is 441 g/mol. The summed E-state index contributed by atoms with van der Waals surface area (Å²) in [7, 11) is 1.33. The summed E-state index contributed by atoms with van der Waals surface area (Å²) in [6, 6.07) is 14.5. The lowest BCUT2D eigenvalue weighted by Gasteiger charge is -2.08. The van der Waals surface area contributed by atoms with Gasteiger partial charge in [0.15, 0.2) is 0 Å². The van der Waals surface area contributed by atoms with Gasteiger partial charge in [-0.3, -0.25) is 4.98 Å². The summed E-state index contributed by atoms with van der Waals surface area (Å²) in [5.74, 6) is -0.441. The van der Waals surface area contributed by atoms with Gasteiger partial charge in [-0.25, -0.2) is 4.79 Å². The van der Waals surface area contributed by atoms with Crippen molar-refractivity contribution in [1.29, 1.82) is 0 Å². The van der Waals surface area contributed by atoms with Gasteiger partial charge in [-0.1, -0.05) is 36.4 Å². The third-order valence-corrected chi connectivity index (χ3v) is 6.48. The van der Waals surface area contributed by atoms with Gasteiger partial charge in [0.1, 0.15) is 0 Å². The van der Waals surface area contributed by atoms with Crippen molar-refractivity contribution in [3.8, 4) is 11.3 Å². The number of halogens is 3. The van der Waals surface area contributed by atoms with Gasteiger partial charge in [0.05, 0.1) is 23.9 Å². The molecule has 0 spiro atoms. The second-order valence-electron chi connectivity index (χ2n) is 7.13. The first-order valence-electron chi connectivity index (χ1n) is 9.50. The Kier molecular flexibility index (Phi) is 5.54. The number of nitrogens with zero attached hydrogens (tertiary/aromatic N) is 1. The van der Waals surface area contributed by atoms with E-state index in [1.807, 2.05) is 25.1 Å². The molecule has 0 radical (unpaired) electrons. The standard InChI is InChI=1S/C24H18F3NO2S/c1-14-18-7-4-8-19(20-13-16(9-10-28-20)23(29)30-2)22(18)31-21(14)12-15-5-3-6-17(11-15)24(25,26)27/h3-11,13H,12H2,1-2H3. The molecule has 2 aromatic carbocycles. The van der Waals surface area contributed by atoms with Gasteiger partial charge in [0.2, 0.25) is 0 Å². The molecule has 7 heteroatoms. The van der Waals surface area contributed by atoms with Crippen molar-refractivity contribution in [2.24, 2.45) is 0 Å². The van der Waals surface area contributed by atoms with Crippen LogP contribution >= 0.6 is 11.3 Å². The molecule has 0 aliphatic heterocycles. The van der Waals surface area contributed by atoms with Crippen molar-refractivity contribution in [3.63, 3.8) is 0 Å². The number of alkyl halides is 3. The van der Waals surface area contributed by atoms with E-state index >= 15 is 0 Å². The number of thiophene rings is 1. The molecule has 2 heterocycles. The van der Waals surface area contributed by atoms with Crippen LogP contribution in [0.5, 0.6) is 0 Å². The van der Waals surface area contributed by atoms with Gasteiger partial charge >= 0.3 is 12.1 Å². The molecule has 0 bridgehead atoms. The van der Waals surface area contributed by atoms with Crippen molar-refractivity contribution in [2.75, 3.05) is 7.11 Å². The summed E-state index contributed by atoms with van der Waals surface area (Å²) >= 11 is 1.54. The van der Waals surface area contributed by atoms with E-state index in [2.05, 4.69) is 4.98 Å². The molecule has 0 saturated carbocycles. The van der Waals surface area contributed by atoms with Crippen LogP contribution in [0.25, 0.3) is 21.3 Å². The topological polar surface area (TPSA) is 39.2 Å². The second-order valence-corrected chi connectivity index (χ2v) is 8.23. The molecule has 31 heavy (non-hydrogen) atoms. The van der Waals surface area contributed by atoms with E-state index < -0.39 is 17.7 Å². The summed E-state index contributed by atoms with van der Waals surface area (Å²) in [6.45, 7) is 1.98. The number of carbonyl (C=O) groups excluding carboxylic acids is 1. The zero-order chi connectivity index (χ0) is 22.2. The molecule has 3 nitrogen and oxygen atoms in total. The zero-order valence-corrected chi connectivity index (χ0v) is 17.6. The van der Waals surface area contributed by atoms with Crippen LogP contribution in [0.3, 0.4) is 0 Å². The lowest BCUT2D eigenvalue weighted by atomic mass is 10.0. The lowest BCUT2D eigenvalue weighted by molar-refractivity contribution is -0.137. The highest BCUT2D eigenvalue weighted by Gasteiger charge is 2.30. The minimum atomic E-state index is -4.37. The predicted octanol–water partition coefficient (Wildman–Crippen LogP) is 6.67. The summed E-state index contributed by atoms with van der Waals surface area (Å²) in [4.78, 5) is 17.3. The summed E-state index contributed by atoms with van der Waals surface area (Å²) in [5.41, 5.74) is 2.91. The van der Waals surface area contributed by atoms with Gasteiger partial charge in [0.25, 0.3) is 0 Å². The van der Waals surface area contributed by atoms with E-state index in [1.165, 1.54) is 30.6 Å². The number of carbonyl (C=O) groups is 1. The first-order chi connectivity index (χ1) is 14.8. The van der Waals surface area contributed by atoms with Crippen LogP contribution in [-0.4, -0.2) is 18.1 Å². The highest BCUT2D eigenvalue weighted by Crippen LogP contribution is 2.39. The van der Waals surface area contributed by atoms with Gasteiger partial charge in [-0.2, -0.15) is 13.2 Å². The van der Waals surface area contributed by atoms with Crippen LogP contribution in [0, 0.1) is 6.92 Å². The minimum absolute atomic E-state index is 0.405. The van der Waals surface area contributed by atoms with Crippen molar-refractivity contribution in [2.45, 2.75) is 19.5 Å². The van der Waals surface area contributed by atoms with Crippen LogP contribution in [0.15, 0.2) is 60.8 Å². The minimum Gasteiger partial charge on any atom is -0.465 e. The number of esters is 1. The van der Waals surface area contributed by atoms with E-state index in [4.69, 9.17) is 4.74 Å². The number of hydrogen-bond acceptors (Lipinski definition) is 4. The third kappa shape index (κ3) is 4.18. The Bertz CT molecular complexity index is 1280. The van der Waals surface area contributed by atoms with Crippen LogP contribution in [-0.2, 0) is 17.3 Å². The summed E-state index contributed by atoms with van der Waals surface area (Å²) in [6.07, 6.45) is -2.40. The van der Waals surface area contributed by atoms with Gasteiger partial charge in [-0.05, 0) is 41.6 Å². The molecule has 0 atom stereocenters. The molecule has 4 aromatic rings. The van der Waals surface area contributed by atoms with Crippen LogP contribution < -0.4 is 0 Å². The normalized spacial score (nSPS) is 11.6. The maximum Gasteiger partial charge on any atom is 0.416 e. The fourth-order valence-corrected chi connectivity index (χ4v) is 4.89. The Morgan fingerprint density at radius 3 is 2.61 bits per heavy atom. The average Bonchev–Trinajstić information content (AvgIpc) is 3.08. The Morgan fingerprint density at radius 2 is 1.87 bits per heavy atom. The van der Waals surface area contributed by atoms with Crippen LogP contribution in [0.4, 0.5) is 13.2 Å². The molecule has 0 fully saturated rings. The molecule has 0 N–H and O–H groups in total. The number of hydrogen-bond donors (Lipinski definition) is 0. The number of methoxy groups -OCH3 is 1. The highest BCUT2D eigenvalue weighted by molar-refractivity contribution is 7.19. The van der Waals surface area contributed by atoms with Crippen molar-refractivity contribution >= 4 is 27.4 Å². The zero-order valence-electron chi connectivity index (χ0n) is 16.8. The molecule has 0 aliphatic carbocycles. The molecule has 0 amide bonds. The number of aromatic nitrogens is 1. The molecular formula is C24H18F3NO2S. The number of aryl methyl sites for hydroxylation is 1. The van der Waals surface area contributed by atoms with E-state index in [1.54, 1.807) is 24.4 Å². The van der Waals surface area contributed by atoms with E-state index in [9.17, 15) is 18.0 Å². The fourth-order valence-electron chi connectivity index (χ4n) is 3.53. The summed E-state index contributed by atoms with van der Waals surface area (Å²) < 4.78 is 45.0. The maximum absolute atomic E-state index is 13.1. The quantitative estimate of drug-likeness (QED) is 0.332. The fraction of sp³-hybridized carbons (Fsp3) is 0.167. The number of rotatable bonds is 4. The van der Waals surface area contributed by atoms with Gasteiger partial charge in [-0.15, -0.1) is 11.3 Å². The van der Waals surface area contributed by atoms with E-state index in [0.717, 1.165) is 32.2 Å². The molecule has 158 valence electrons. The summed E-state index contributed by atoms with van der Waals surface area (Å²) in [5, 5.41) is 1.02.